The van der Waals surface area contributed by atoms with E-state index >= 15 is 0 Å². The molecule has 2 rings (SSSR count). The Morgan fingerprint density at radius 3 is 2.53 bits per heavy atom. The van der Waals surface area contributed by atoms with Gasteiger partial charge in [0.2, 0.25) is 5.91 Å². The van der Waals surface area contributed by atoms with Gasteiger partial charge in [-0.1, -0.05) is 30.3 Å². The molecule has 0 aromatic heterocycles. The highest BCUT2D eigenvalue weighted by atomic mass is 16.2. The number of hydrogen-bond acceptors (Lipinski definition) is 3. The molecule has 1 aliphatic heterocycles. The number of benzene rings is 1. The lowest BCUT2D eigenvalue weighted by Gasteiger charge is -2.25. The van der Waals surface area contributed by atoms with Crippen LogP contribution in [0.5, 0.6) is 0 Å². The van der Waals surface area contributed by atoms with E-state index < -0.39 is 0 Å². The van der Waals surface area contributed by atoms with E-state index in [9.17, 15) is 9.59 Å². The van der Waals surface area contributed by atoms with Gasteiger partial charge in [0.1, 0.15) is 5.78 Å². The van der Waals surface area contributed by atoms with Gasteiger partial charge < -0.3 is 5.32 Å². The summed E-state index contributed by atoms with van der Waals surface area (Å²) >= 11 is 0. The summed E-state index contributed by atoms with van der Waals surface area (Å²) in [5.41, 5.74) is 1.10. The first kappa shape index (κ1) is 13.7. The summed E-state index contributed by atoms with van der Waals surface area (Å²) in [4.78, 5) is 25.1. The Kier molecular flexibility index (Phi) is 4.68. The van der Waals surface area contributed by atoms with Crippen molar-refractivity contribution >= 4 is 11.7 Å². The van der Waals surface area contributed by atoms with Crippen LogP contribution in [0.3, 0.4) is 0 Å². The lowest BCUT2D eigenvalue weighted by Crippen LogP contribution is -2.42. The zero-order valence-electron chi connectivity index (χ0n) is 11.3. The first-order valence-electron chi connectivity index (χ1n) is 6.73. The molecular formula is C15H20N2O2. The molecule has 102 valence electrons. The van der Waals surface area contributed by atoms with Crippen LogP contribution in [0.1, 0.15) is 31.4 Å². The molecule has 0 aliphatic carbocycles. The van der Waals surface area contributed by atoms with E-state index in [0.29, 0.717) is 38.3 Å². The maximum absolute atomic E-state index is 11.9. The molecule has 1 heterocycles. The van der Waals surface area contributed by atoms with E-state index in [2.05, 4.69) is 5.32 Å². The Hall–Kier alpha value is -1.68. The van der Waals surface area contributed by atoms with Gasteiger partial charge in [-0.05, 0) is 12.5 Å². The predicted molar refractivity (Wildman–Crippen MR) is 73.7 cm³/mol. The number of Topliss-reactive ketones (excluding diaryl/α,β-unsaturated/α-hetero) is 1. The molecule has 1 N–H and O–H groups in total. The molecule has 1 fully saturated rings. The van der Waals surface area contributed by atoms with Crippen molar-refractivity contribution in [1.29, 1.82) is 0 Å². The van der Waals surface area contributed by atoms with Crippen molar-refractivity contribution in [1.82, 2.24) is 10.2 Å². The van der Waals surface area contributed by atoms with Gasteiger partial charge in [0.25, 0.3) is 0 Å². The highest BCUT2D eigenvalue weighted by molar-refractivity contribution is 5.81. The molecule has 0 bridgehead atoms. The van der Waals surface area contributed by atoms with Crippen LogP contribution in [0.2, 0.25) is 0 Å². The summed E-state index contributed by atoms with van der Waals surface area (Å²) in [6.45, 7) is 3.76. The minimum absolute atomic E-state index is 0.0140. The van der Waals surface area contributed by atoms with E-state index in [0.717, 1.165) is 5.56 Å². The van der Waals surface area contributed by atoms with Crippen LogP contribution in [-0.2, 0) is 9.59 Å². The standard InChI is InChI=1S/C15H20N2O2/c1-12(13-5-3-2-4-6-13)16-15(19)11-17-9-7-14(18)8-10-17/h2-6,12H,7-11H2,1H3,(H,16,19). The number of nitrogens with zero attached hydrogens (tertiary/aromatic N) is 1. The number of rotatable bonds is 4. The van der Waals surface area contributed by atoms with E-state index in [-0.39, 0.29) is 11.9 Å². The molecule has 0 spiro atoms. The topological polar surface area (TPSA) is 49.4 Å². The fourth-order valence-corrected chi connectivity index (χ4v) is 2.28. The Morgan fingerprint density at radius 2 is 1.89 bits per heavy atom. The van der Waals surface area contributed by atoms with Crippen molar-refractivity contribution in [2.75, 3.05) is 19.6 Å². The Bertz CT molecular complexity index is 435. The Morgan fingerprint density at radius 1 is 1.26 bits per heavy atom. The molecule has 4 nitrogen and oxygen atoms in total. The minimum Gasteiger partial charge on any atom is -0.348 e. The number of carbonyl (C=O) groups excluding carboxylic acids is 2. The number of hydrogen-bond donors (Lipinski definition) is 1. The molecule has 1 aliphatic rings. The first-order chi connectivity index (χ1) is 9.15. The molecule has 1 atom stereocenters. The van der Waals surface area contributed by atoms with Crippen molar-refractivity contribution < 1.29 is 9.59 Å². The monoisotopic (exact) mass is 260 g/mol. The molecule has 1 aromatic rings. The highest BCUT2D eigenvalue weighted by Gasteiger charge is 2.19. The molecule has 4 heteroatoms. The number of ketones is 1. The molecule has 19 heavy (non-hydrogen) atoms. The van der Waals surface area contributed by atoms with E-state index in [1.807, 2.05) is 42.2 Å². The van der Waals surface area contributed by atoms with Crippen LogP contribution in [-0.4, -0.2) is 36.2 Å². The molecule has 1 amide bonds. The SMILES string of the molecule is CC(NC(=O)CN1CCC(=O)CC1)c1ccccc1. The summed E-state index contributed by atoms with van der Waals surface area (Å²) in [5, 5.41) is 2.99. The summed E-state index contributed by atoms with van der Waals surface area (Å²) in [6.07, 6.45) is 1.14. The number of piperidine rings is 1. The summed E-state index contributed by atoms with van der Waals surface area (Å²) < 4.78 is 0. The molecule has 1 unspecified atom stereocenters. The second-order valence-corrected chi connectivity index (χ2v) is 5.01. The van der Waals surface area contributed by atoms with Gasteiger partial charge in [-0.15, -0.1) is 0 Å². The minimum atomic E-state index is 0.0140. The maximum Gasteiger partial charge on any atom is 0.234 e. The lowest BCUT2D eigenvalue weighted by atomic mass is 10.1. The van der Waals surface area contributed by atoms with Gasteiger partial charge >= 0.3 is 0 Å². The maximum atomic E-state index is 11.9. The summed E-state index contributed by atoms with van der Waals surface area (Å²) in [5.74, 6) is 0.319. The number of amides is 1. The highest BCUT2D eigenvalue weighted by Crippen LogP contribution is 2.11. The second kappa shape index (κ2) is 6.48. The van der Waals surface area contributed by atoms with Gasteiger partial charge in [0, 0.05) is 25.9 Å². The van der Waals surface area contributed by atoms with E-state index in [1.165, 1.54) is 0 Å². The molecular weight excluding hydrogens is 240 g/mol. The molecule has 1 aromatic carbocycles. The average molecular weight is 260 g/mol. The van der Waals surface area contributed by atoms with Crippen molar-refractivity contribution in [3.05, 3.63) is 35.9 Å². The number of nitrogens with one attached hydrogen (secondary N) is 1. The van der Waals surface area contributed by atoms with Crippen molar-refractivity contribution in [3.8, 4) is 0 Å². The third-order valence-electron chi connectivity index (χ3n) is 3.46. The van der Waals surface area contributed by atoms with Gasteiger partial charge in [0.15, 0.2) is 0 Å². The fourth-order valence-electron chi connectivity index (χ4n) is 2.28. The van der Waals surface area contributed by atoms with E-state index in [4.69, 9.17) is 0 Å². The molecule has 1 saturated heterocycles. The van der Waals surface area contributed by atoms with Gasteiger partial charge in [-0.3, -0.25) is 14.5 Å². The van der Waals surface area contributed by atoms with Crippen LogP contribution >= 0.6 is 0 Å². The Labute approximate surface area is 113 Å². The summed E-state index contributed by atoms with van der Waals surface area (Å²) in [6, 6.07) is 9.92. The van der Waals surface area contributed by atoms with Gasteiger partial charge in [0.05, 0.1) is 12.6 Å². The van der Waals surface area contributed by atoms with Gasteiger partial charge in [-0.2, -0.15) is 0 Å². The Balaban J connectivity index is 1.79. The van der Waals surface area contributed by atoms with Crippen LogP contribution < -0.4 is 5.32 Å². The van der Waals surface area contributed by atoms with Crippen LogP contribution in [0.4, 0.5) is 0 Å². The van der Waals surface area contributed by atoms with Crippen LogP contribution in [0.25, 0.3) is 0 Å². The molecule has 0 radical (unpaired) electrons. The number of likely N-dealkylation sites (tertiary alicyclic amines) is 1. The van der Waals surface area contributed by atoms with Crippen molar-refractivity contribution in [2.24, 2.45) is 0 Å². The van der Waals surface area contributed by atoms with E-state index in [1.54, 1.807) is 0 Å². The smallest absolute Gasteiger partial charge is 0.234 e. The quantitative estimate of drug-likeness (QED) is 0.893. The van der Waals surface area contributed by atoms with Crippen molar-refractivity contribution in [2.45, 2.75) is 25.8 Å². The third kappa shape index (κ3) is 4.17. The van der Waals surface area contributed by atoms with Gasteiger partial charge in [-0.25, -0.2) is 0 Å². The third-order valence-corrected chi connectivity index (χ3v) is 3.46. The fraction of sp³-hybridized carbons (Fsp3) is 0.467. The van der Waals surface area contributed by atoms with Crippen LogP contribution in [0.15, 0.2) is 30.3 Å². The zero-order valence-corrected chi connectivity index (χ0v) is 11.3. The van der Waals surface area contributed by atoms with Crippen LogP contribution in [0, 0.1) is 0 Å². The summed E-state index contributed by atoms with van der Waals surface area (Å²) in [7, 11) is 0. The second-order valence-electron chi connectivity index (χ2n) is 5.01. The number of carbonyl (C=O) groups is 2. The zero-order chi connectivity index (χ0) is 13.7. The normalized spacial score (nSPS) is 18.1. The predicted octanol–water partition coefficient (Wildman–Crippen LogP) is 1.53. The largest absolute Gasteiger partial charge is 0.348 e. The first-order valence-corrected chi connectivity index (χ1v) is 6.73. The van der Waals surface area contributed by atoms with Crippen molar-refractivity contribution in [3.63, 3.8) is 0 Å². The average Bonchev–Trinajstić information content (AvgIpc) is 2.42. The lowest BCUT2D eigenvalue weighted by molar-refractivity contribution is -0.126. The molecule has 0 saturated carbocycles.